The Morgan fingerprint density at radius 1 is 1.05 bits per heavy atom. The summed E-state index contributed by atoms with van der Waals surface area (Å²) < 4.78 is 29.6. The number of nitrogens with one attached hydrogen (secondary N) is 1. The predicted octanol–water partition coefficient (Wildman–Crippen LogP) is -2.91. The first kappa shape index (κ1) is 30.3. The van der Waals surface area contributed by atoms with Gasteiger partial charge in [0.2, 0.25) is 0 Å². The van der Waals surface area contributed by atoms with Crippen molar-refractivity contribution in [2.75, 3.05) is 18.6 Å². The summed E-state index contributed by atoms with van der Waals surface area (Å²) in [6.07, 6.45) is -7.52. The van der Waals surface area contributed by atoms with Gasteiger partial charge in [-0.1, -0.05) is 0 Å². The summed E-state index contributed by atoms with van der Waals surface area (Å²) in [6, 6.07) is 0. The molecular formula is C20H26BrN10O11P. The number of rotatable bonds is 8. The summed E-state index contributed by atoms with van der Waals surface area (Å²) in [7, 11) is -4.84. The largest absolute Gasteiger partial charge is 0.469 e. The van der Waals surface area contributed by atoms with Crippen molar-refractivity contribution in [2.45, 2.75) is 55.2 Å². The minimum Gasteiger partial charge on any atom is -0.394 e. The summed E-state index contributed by atoms with van der Waals surface area (Å²) in [5.41, 5.74) is 10.1. The second-order valence-corrected chi connectivity index (χ2v) is 11.7. The van der Waals surface area contributed by atoms with Crippen LogP contribution in [0, 0.1) is 0 Å². The highest BCUT2D eigenvalue weighted by Crippen LogP contribution is 2.41. The third-order valence-electron chi connectivity index (χ3n) is 7.14. The fraction of sp³-hybridized carbons (Fsp3) is 0.550. The van der Waals surface area contributed by atoms with E-state index in [1.54, 1.807) is 0 Å². The quantitative estimate of drug-likeness (QED) is 0.107. The number of nitrogens with two attached hydrogens (primary N) is 1. The second kappa shape index (κ2) is 11.3. The standard InChI is InChI=1S/C20H26BrN10O11P/c21-20-27-8-14(22)30(5-26-17(8)31(20)19-13(36)10(33)6(1-32)41-19)28-15-9-16(24-3-23-15)29(4-25-9)18-12(35)11(34)7(42-18)2-40-43(37,38)39/h3-7,10-14,18-19,32-36H,1-2,22H2,(H,23,24,28)(H2,37,38,39)/t6-,7-,10?,11?,12?,13?,14?,18-,19-/m1/s1. The normalized spacial score (nSPS) is 32.6. The summed E-state index contributed by atoms with van der Waals surface area (Å²) in [5.74, 6) is 0.387. The van der Waals surface area contributed by atoms with Crippen LogP contribution in [0.4, 0.5) is 11.6 Å². The van der Waals surface area contributed by atoms with E-state index in [9.17, 15) is 30.1 Å². The molecule has 0 aliphatic carbocycles. The molecule has 3 aliphatic heterocycles. The number of aliphatic hydroxyl groups is 5. The Bertz CT molecular complexity index is 1590. The van der Waals surface area contributed by atoms with Crippen LogP contribution in [-0.4, -0.2) is 126 Å². The van der Waals surface area contributed by atoms with Crippen LogP contribution in [0.2, 0.25) is 0 Å². The lowest BCUT2D eigenvalue weighted by atomic mass is 10.1. The molecule has 3 aromatic rings. The van der Waals surface area contributed by atoms with Crippen LogP contribution in [0.1, 0.15) is 24.3 Å². The van der Waals surface area contributed by atoms with Crippen molar-refractivity contribution in [3.8, 4) is 0 Å². The van der Waals surface area contributed by atoms with Crippen LogP contribution in [0.15, 0.2) is 22.4 Å². The molecule has 23 heteroatoms. The molecule has 0 amide bonds. The van der Waals surface area contributed by atoms with Crippen molar-refractivity contribution in [3.63, 3.8) is 0 Å². The van der Waals surface area contributed by atoms with Crippen LogP contribution in [0.25, 0.3) is 11.2 Å². The summed E-state index contributed by atoms with van der Waals surface area (Å²) in [5, 5.41) is 52.4. The molecule has 6 heterocycles. The molecule has 0 bridgehead atoms. The lowest BCUT2D eigenvalue weighted by Crippen LogP contribution is -2.40. The molecule has 43 heavy (non-hydrogen) atoms. The average Bonchev–Trinajstić information content (AvgIpc) is 3.69. The third-order valence-corrected chi connectivity index (χ3v) is 8.18. The summed E-state index contributed by atoms with van der Waals surface area (Å²) in [6.45, 7) is -1.19. The number of hydrogen-bond donors (Lipinski definition) is 9. The topological polar surface area (TPSA) is 301 Å². The van der Waals surface area contributed by atoms with Gasteiger partial charge in [-0.25, -0.2) is 29.5 Å². The zero-order valence-electron chi connectivity index (χ0n) is 21.6. The maximum Gasteiger partial charge on any atom is 0.469 e. The number of phosphoric acid groups is 1. The van der Waals surface area contributed by atoms with Crippen molar-refractivity contribution in [3.05, 3.63) is 23.1 Å². The van der Waals surface area contributed by atoms with Gasteiger partial charge in [-0.3, -0.25) is 24.1 Å². The molecule has 5 unspecified atom stereocenters. The van der Waals surface area contributed by atoms with Crippen LogP contribution < -0.4 is 11.2 Å². The zero-order valence-corrected chi connectivity index (χ0v) is 24.1. The number of imidazole rings is 2. The Morgan fingerprint density at radius 2 is 1.74 bits per heavy atom. The molecule has 2 saturated heterocycles. The minimum absolute atomic E-state index is 0.158. The number of aliphatic imine (C=N–C) groups is 1. The van der Waals surface area contributed by atoms with E-state index in [4.69, 9.17) is 25.0 Å². The Balaban J connectivity index is 1.23. The fourth-order valence-electron chi connectivity index (χ4n) is 4.99. The minimum atomic E-state index is -4.84. The zero-order chi connectivity index (χ0) is 30.8. The van der Waals surface area contributed by atoms with Gasteiger partial charge in [-0.05, 0) is 15.9 Å². The van der Waals surface area contributed by atoms with Gasteiger partial charge in [0.25, 0.3) is 0 Å². The smallest absolute Gasteiger partial charge is 0.394 e. The van der Waals surface area contributed by atoms with Crippen molar-refractivity contribution < 1.29 is 53.9 Å². The number of phosphoric ester groups is 1. The van der Waals surface area contributed by atoms with E-state index in [1.165, 1.54) is 33.1 Å². The fourth-order valence-corrected chi connectivity index (χ4v) is 5.89. The summed E-state index contributed by atoms with van der Waals surface area (Å²) in [4.78, 5) is 39.4. The van der Waals surface area contributed by atoms with Crippen LogP contribution in [0.3, 0.4) is 0 Å². The van der Waals surface area contributed by atoms with Crippen molar-refractivity contribution in [1.82, 2.24) is 34.1 Å². The molecule has 9 atom stereocenters. The van der Waals surface area contributed by atoms with Gasteiger partial charge >= 0.3 is 7.82 Å². The van der Waals surface area contributed by atoms with Gasteiger partial charge in [0.05, 0.1) is 19.5 Å². The predicted molar refractivity (Wildman–Crippen MR) is 143 cm³/mol. The highest BCUT2D eigenvalue weighted by molar-refractivity contribution is 9.10. The van der Waals surface area contributed by atoms with Gasteiger partial charge in [-0.2, -0.15) is 0 Å². The number of hydrazine groups is 1. The lowest BCUT2D eigenvalue weighted by Gasteiger charge is -2.29. The molecule has 6 rings (SSSR count). The van der Waals surface area contributed by atoms with Gasteiger partial charge in [-0.15, -0.1) is 0 Å². The molecule has 3 aliphatic rings. The first-order valence-corrected chi connectivity index (χ1v) is 14.9. The van der Waals surface area contributed by atoms with Crippen molar-refractivity contribution >= 4 is 52.9 Å². The first-order chi connectivity index (χ1) is 20.4. The molecule has 0 spiro atoms. The molecular weight excluding hydrogens is 667 g/mol. The maximum atomic E-state index is 11.1. The molecule has 0 radical (unpaired) electrons. The molecule has 0 aromatic carbocycles. The van der Waals surface area contributed by atoms with Crippen molar-refractivity contribution in [2.24, 2.45) is 10.7 Å². The van der Waals surface area contributed by atoms with Crippen molar-refractivity contribution in [1.29, 1.82) is 0 Å². The number of anilines is 1. The van der Waals surface area contributed by atoms with Gasteiger partial charge in [0.1, 0.15) is 61.1 Å². The molecule has 3 aromatic heterocycles. The number of nitrogens with zero attached hydrogens (tertiary/aromatic N) is 8. The van der Waals surface area contributed by atoms with Crippen LogP contribution >= 0.6 is 23.8 Å². The van der Waals surface area contributed by atoms with E-state index >= 15 is 0 Å². The highest BCUT2D eigenvalue weighted by Gasteiger charge is 2.47. The molecule has 10 N–H and O–H groups in total. The Hall–Kier alpha value is -2.70. The van der Waals surface area contributed by atoms with E-state index in [0.29, 0.717) is 0 Å². The maximum absolute atomic E-state index is 11.1. The number of fused-ring (bicyclic) bond motifs is 2. The number of halogens is 1. The highest BCUT2D eigenvalue weighted by atomic mass is 79.9. The van der Waals surface area contributed by atoms with Crippen LogP contribution in [-0.2, 0) is 18.6 Å². The molecule has 21 nitrogen and oxygen atoms in total. The SMILES string of the molecule is NC1c2nc(Br)n([C@@H]3O[C@H](CO)C(O)C3O)c2N=CN1Nc1ncnc2c1ncn2[C@@H]1O[C@H](COP(=O)(O)O)C(O)C1O. The second-order valence-electron chi connectivity index (χ2n) is 9.78. The molecule has 234 valence electrons. The Morgan fingerprint density at radius 3 is 2.44 bits per heavy atom. The van der Waals surface area contributed by atoms with Gasteiger partial charge in [0.15, 0.2) is 40.0 Å². The van der Waals surface area contributed by atoms with E-state index in [2.05, 4.69) is 50.8 Å². The van der Waals surface area contributed by atoms with E-state index in [1.807, 2.05) is 0 Å². The monoisotopic (exact) mass is 692 g/mol. The first-order valence-electron chi connectivity index (χ1n) is 12.5. The number of aromatic nitrogens is 6. The lowest BCUT2D eigenvalue weighted by molar-refractivity contribution is -0.0530. The Labute approximate surface area is 248 Å². The number of ether oxygens (including phenoxy) is 2. The van der Waals surface area contributed by atoms with Gasteiger partial charge in [0, 0.05) is 0 Å². The third kappa shape index (κ3) is 5.33. The Kier molecular flexibility index (Phi) is 8.00. The molecule has 0 saturated carbocycles. The van der Waals surface area contributed by atoms with E-state index in [-0.39, 0.29) is 33.2 Å². The van der Waals surface area contributed by atoms with E-state index < -0.39 is 76.3 Å². The number of hydrogen-bond acceptors (Lipinski definition) is 17. The van der Waals surface area contributed by atoms with Gasteiger partial charge < -0.3 is 50.5 Å². The average molecular weight is 693 g/mol. The van der Waals surface area contributed by atoms with E-state index in [0.717, 1.165) is 0 Å². The molecule has 2 fully saturated rings. The van der Waals surface area contributed by atoms with Crippen LogP contribution in [0.5, 0.6) is 0 Å². The number of aliphatic hydroxyl groups excluding tert-OH is 5. The summed E-state index contributed by atoms with van der Waals surface area (Å²) >= 11 is 3.31.